The number of benzene rings is 2. The summed E-state index contributed by atoms with van der Waals surface area (Å²) in [6, 6.07) is 21.1. The Hall–Kier alpha value is -4.17. The van der Waals surface area contributed by atoms with Crippen molar-refractivity contribution in [2.75, 3.05) is 17.7 Å². The molecule has 0 bridgehead atoms. The van der Waals surface area contributed by atoms with E-state index in [1.54, 1.807) is 37.4 Å². The molecule has 0 saturated carbocycles. The molecule has 0 spiro atoms. The first-order valence-corrected chi connectivity index (χ1v) is 10.1. The average molecular weight is 447 g/mol. The Morgan fingerprint density at radius 3 is 2.50 bits per heavy atom. The van der Waals surface area contributed by atoms with Crippen molar-refractivity contribution in [3.05, 3.63) is 89.1 Å². The first kappa shape index (κ1) is 21.1. The molecule has 2 amide bonds. The minimum Gasteiger partial charge on any atom is -0.373 e. The summed E-state index contributed by atoms with van der Waals surface area (Å²) in [5, 5.41) is 10.3. The van der Waals surface area contributed by atoms with E-state index in [2.05, 4.69) is 20.7 Å². The van der Waals surface area contributed by atoms with Crippen LogP contribution in [0, 0.1) is 0 Å². The molecule has 0 atom stereocenters. The molecule has 2 heterocycles. The summed E-state index contributed by atoms with van der Waals surface area (Å²) >= 11 is 6.33. The van der Waals surface area contributed by atoms with E-state index in [1.165, 1.54) is 10.7 Å². The number of carbonyl (C=O) groups excluding carboxylic acids is 2. The van der Waals surface area contributed by atoms with Crippen molar-refractivity contribution < 1.29 is 9.59 Å². The van der Waals surface area contributed by atoms with E-state index in [-0.39, 0.29) is 22.1 Å². The van der Waals surface area contributed by atoms with Crippen molar-refractivity contribution in [2.45, 2.75) is 0 Å². The van der Waals surface area contributed by atoms with E-state index < -0.39 is 11.8 Å². The number of hydrogen-bond donors (Lipinski definition) is 3. The fraction of sp³-hybridized carbons (Fsp3) is 0.0435. The number of para-hydroxylation sites is 1. The van der Waals surface area contributed by atoms with Gasteiger partial charge in [-0.2, -0.15) is 5.10 Å². The van der Waals surface area contributed by atoms with Gasteiger partial charge in [0.05, 0.1) is 22.0 Å². The Labute approximate surface area is 189 Å². The minimum absolute atomic E-state index is 0.0251. The molecule has 0 saturated heterocycles. The average Bonchev–Trinajstić information content (AvgIpc) is 3.24. The highest BCUT2D eigenvalue weighted by Gasteiger charge is 2.18. The highest BCUT2D eigenvalue weighted by molar-refractivity contribution is 6.34. The number of pyridine rings is 1. The van der Waals surface area contributed by atoms with Crippen LogP contribution in [0.3, 0.4) is 0 Å². The van der Waals surface area contributed by atoms with Gasteiger partial charge in [0.25, 0.3) is 11.8 Å². The summed E-state index contributed by atoms with van der Waals surface area (Å²) in [7, 11) is 1.78. The van der Waals surface area contributed by atoms with Crippen molar-refractivity contribution in [2.24, 2.45) is 5.73 Å². The molecule has 9 heteroatoms. The van der Waals surface area contributed by atoms with Crippen LogP contribution in [-0.2, 0) is 0 Å². The second-order valence-corrected chi connectivity index (χ2v) is 7.24. The first-order valence-electron chi connectivity index (χ1n) is 9.67. The van der Waals surface area contributed by atoms with Crippen molar-refractivity contribution >= 4 is 35.1 Å². The summed E-state index contributed by atoms with van der Waals surface area (Å²) < 4.78 is 1.44. The topological polar surface area (TPSA) is 115 Å². The first-order chi connectivity index (χ1) is 15.5. The van der Waals surface area contributed by atoms with E-state index in [1.807, 2.05) is 36.4 Å². The van der Waals surface area contributed by atoms with Gasteiger partial charge in [-0.3, -0.25) is 9.59 Å². The zero-order valence-corrected chi connectivity index (χ0v) is 17.8. The number of aromatic nitrogens is 3. The number of rotatable bonds is 6. The quantitative estimate of drug-likeness (QED) is 0.414. The van der Waals surface area contributed by atoms with Crippen molar-refractivity contribution in [1.82, 2.24) is 14.8 Å². The molecular formula is C23H19ClN6O2. The molecule has 0 fully saturated rings. The number of primary amides is 1. The van der Waals surface area contributed by atoms with Gasteiger partial charge < -0.3 is 16.4 Å². The van der Waals surface area contributed by atoms with E-state index >= 15 is 0 Å². The molecule has 0 aliphatic carbocycles. The van der Waals surface area contributed by atoms with Gasteiger partial charge in [-0.25, -0.2) is 9.67 Å². The van der Waals surface area contributed by atoms with Gasteiger partial charge in [0.15, 0.2) is 5.69 Å². The van der Waals surface area contributed by atoms with Gasteiger partial charge in [0, 0.05) is 18.7 Å². The molecule has 160 valence electrons. The normalized spacial score (nSPS) is 10.6. The van der Waals surface area contributed by atoms with Crippen LogP contribution in [-0.4, -0.2) is 33.6 Å². The molecule has 2 aromatic heterocycles. The monoisotopic (exact) mass is 446 g/mol. The van der Waals surface area contributed by atoms with Crippen LogP contribution < -0.4 is 16.4 Å². The predicted molar refractivity (Wildman–Crippen MR) is 124 cm³/mol. The summed E-state index contributed by atoms with van der Waals surface area (Å²) in [6.07, 6.45) is 0. The maximum atomic E-state index is 13.1. The molecule has 0 aliphatic heterocycles. The minimum atomic E-state index is -0.703. The Kier molecular flexibility index (Phi) is 5.87. The third kappa shape index (κ3) is 4.30. The van der Waals surface area contributed by atoms with Crippen molar-refractivity contribution in [3.8, 4) is 16.9 Å². The summed E-state index contributed by atoms with van der Waals surface area (Å²) in [6.45, 7) is 0. The third-order valence-corrected chi connectivity index (χ3v) is 5.05. The SMILES string of the molecule is CNc1cccc(-c2ccc(Cl)c(C(=O)Nc3cc(C(N)=O)nn3-c3ccccc3)c2)n1. The fourth-order valence-electron chi connectivity index (χ4n) is 3.13. The number of anilines is 2. The molecular weight excluding hydrogens is 428 g/mol. The molecule has 0 radical (unpaired) electrons. The number of nitrogens with zero attached hydrogens (tertiary/aromatic N) is 3. The van der Waals surface area contributed by atoms with Crippen molar-refractivity contribution in [3.63, 3.8) is 0 Å². The third-order valence-electron chi connectivity index (χ3n) is 4.72. The lowest BCUT2D eigenvalue weighted by atomic mass is 10.1. The van der Waals surface area contributed by atoms with E-state index in [0.29, 0.717) is 17.2 Å². The lowest BCUT2D eigenvalue weighted by molar-refractivity contribution is 0.0992. The van der Waals surface area contributed by atoms with E-state index in [0.717, 1.165) is 5.56 Å². The Bertz CT molecular complexity index is 1300. The smallest absolute Gasteiger partial charge is 0.269 e. The highest BCUT2D eigenvalue weighted by Crippen LogP contribution is 2.26. The van der Waals surface area contributed by atoms with Gasteiger partial charge in [-0.05, 0) is 36.4 Å². The predicted octanol–water partition coefficient (Wildman–Crippen LogP) is 3.98. The maximum Gasteiger partial charge on any atom is 0.269 e. The van der Waals surface area contributed by atoms with Gasteiger partial charge in [0.2, 0.25) is 0 Å². The molecule has 0 unspecified atom stereocenters. The lowest BCUT2D eigenvalue weighted by Gasteiger charge is -2.11. The number of carbonyl (C=O) groups is 2. The number of hydrogen-bond acceptors (Lipinski definition) is 5. The lowest BCUT2D eigenvalue weighted by Crippen LogP contribution is -2.16. The van der Waals surface area contributed by atoms with Crippen LogP contribution in [0.5, 0.6) is 0 Å². The Morgan fingerprint density at radius 2 is 1.78 bits per heavy atom. The van der Waals surface area contributed by atoms with E-state index in [9.17, 15) is 9.59 Å². The number of nitrogens with one attached hydrogen (secondary N) is 2. The fourth-order valence-corrected chi connectivity index (χ4v) is 3.34. The van der Waals surface area contributed by atoms with Crippen LogP contribution in [0.2, 0.25) is 5.02 Å². The zero-order chi connectivity index (χ0) is 22.7. The number of nitrogens with two attached hydrogens (primary N) is 1. The van der Waals surface area contributed by atoms with E-state index in [4.69, 9.17) is 17.3 Å². The Balaban J connectivity index is 1.70. The molecule has 4 aromatic rings. The molecule has 8 nitrogen and oxygen atoms in total. The van der Waals surface area contributed by atoms with Crippen LogP contribution in [0.15, 0.2) is 72.8 Å². The van der Waals surface area contributed by atoms with Gasteiger partial charge in [-0.15, -0.1) is 0 Å². The summed E-state index contributed by atoms with van der Waals surface area (Å²) in [5.41, 5.74) is 7.74. The molecule has 2 aromatic carbocycles. The Morgan fingerprint density at radius 1 is 1.00 bits per heavy atom. The zero-order valence-electron chi connectivity index (χ0n) is 17.0. The van der Waals surface area contributed by atoms with Crippen molar-refractivity contribution in [1.29, 1.82) is 0 Å². The standard InChI is InChI=1S/C23H19ClN6O2/c1-26-20-9-5-8-18(27-20)14-10-11-17(24)16(12-14)23(32)28-21-13-19(22(25)31)29-30(21)15-6-3-2-4-7-15/h2-13H,1H3,(H2,25,31)(H,26,27)(H,28,32). The van der Waals surface area contributed by atoms with Crippen LogP contribution >= 0.6 is 11.6 Å². The number of halogens is 1. The summed E-state index contributed by atoms with van der Waals surface area (Å²) in [5.74, 6) is -0.179. The summed E-state index contributed by atoms with van der Waals surface area (Å²) in [4.78, 5) is 29.3. The largest absolute Gasteiger partial charge is 0.373 e. The molecule has 4 rings (SSSR count). The second-order valence-electron chi connectivity index (χ2n) is 6.83. The van der Waals surface area contributed by atoms with Crippen LogP contribution in [0.4, 0.5) is 11.6 Å². The maximum absolute atomic E-state index is 13.1. The van der Waals surface area contributed by atoms with Gasteiger partial charge >= 0.3 is 0 Å². The van der Waals surface area contributed by atoms with Gasteiger partial charge in [-0.1, -0.05) is 41.9 Å². The molecule has 32 heavy (non-hydrogen) atoms. The van der Waals surface area contributed by atoms with Gasteiger partial charge in [0.1, 0.15) is 11.6 Å². The number of amides is 2. The second kappa shape index (κ2) is 8.91. The highest BCUT2D eigenvalue weighted by atomic mass is 35.5. The van der Waals surface area contributed by atoms with Crippen LogP contribution in [0.25, 0.3) is 16.9 Å². The molecule has 0 aliphatic rings. The van der Waals surface area contributed by atoms with Crippen LogP contribution in [0.1, 0.15) is 20.8 Å². The molecule has 4 N–H and O–H groups in total.